The minimum Gasteiger partial charge on any atom is -0.396 e. The van der Waals surface area contributed by atoms with Gasteiger partial charge in [-0.1, -0.05) is 41.9 Å². The van der Waals surface area contributed by atoms with E-state index >= 15 is 0 Å². The van der Waals surface area contributed by atoms with Crippen LogP contribution in [0.3, 0.4) is 0 Å². The molecule has 7 nitrogen and oxygen atoms in total. The van der Waals surface area contributed by atoms with Crippen molar-refractivity contribution >= 4 is 39.0 Å². The molecule has 9 heteroatoms. The molecule has 0 saturated carbocycles. The number of carbonyl (C=O) groups is 1. The van der Waals surface area contributed by atoms with Gasteiger partial charge in [-0.15, -0.1) is 0 Å². The summed E-state index contributed by atoms with van der Waals surface area (Å²) in [6.07, 6.45) is 0.506. The molecule has 3 aromatic carbocycles. The van der Waals surface area contributed by atoms with Gasteiger partial charge in [0, 0.05) is 23.0 Å². The van der Waals surface area contributed by atoms with Gasteiger partial charge in [-0.25, -0.2) is 13.2 Å². The van der Waals surface area contributed by atoms with Gasteiger partial charge in [0.05, 0.1) is 10.9 Å². The van der Waals surface area contributed by atoms with E-state index in [2.05, 4.69) is 15.4 Å². The molecule has 0 aliphatic carbocycles. The molecule has 4 N–H and O–H groups in total. The molecule has 3 rings (SSSR count). The third kappa shape index (κ3) is 6.23. The summed E-state index contributed by atoms with van der Waals surface area (Å²) >= 11 is 6.16. The Bertz CT molecular complexity index is 1170. The third-order valence-electron chi connectivity index (χ3n) is 4.75. The smallest absolute Gasteiger partial charge is 0.319 e. The van der Waals surface area contributed by atoms with Crippen LogP contribution in [0.5, 0.6) is 0 Å². The molecule has 1 unspecified atom stereocenters. The van der Waals surface area contributed by atoms with Crippen molar-refractivity contribution in [3.63, 3.8) is 0 Å². The van der Waals surface area contributed by atoms with Crippen molar-refractivity contribution in [3.8, 4) is 0 Å². The van der Waals surface area contributed by atoms with E-state index in [1.54, 1.807) is 30.3 Å². The molecule has 168 valence electrons. The number of benzene rings is 3. The van der Waals surface area contributed by atoms with Crippen molar-refractivity contribution in [1.82, 2.24) is 5.32 Å². The number of aliphatic hydroxyl groups excluding tert-OH is 1. The second kappa shape index (κ2) is 10.5. The fraction of sp³-hybridized carbons (Fsp3) is 0.174. The summed E-state index contributed by atoms with van der Waals surface area (Å²) in [5.41, 5.74) is 2.57. The van der Waals surface area contributed by atoms with Crippen molar-refractivity contribution in [2.24, 2.45) is 0 Å². The molecule has 3 aromatic rings. The molecule has 32 heavy (non-hydrogen) atoms. The highest BCUT2D eigenvalue weighted by Crippen LogP contribution is 2.23. The Labute approximate surface area is 192 Å². The van der Waals surface area contributed by atoms with E-state index in [4.69, 9.17) is 16.7 Å². The first kappa shape index (κ1) is 23.6. The zero-order valence-corrected chi connectivity index (χ0v) is 19.0. The van der Waals surface area contributed by atoms with Gasteiger partial charge >= 0.3 is 6.03 Å². The maximum Gasteiger partial charge on any atom is 0.319 e. The van der Waals surface area contributed by atoms with Gasteiger partial charge < -0.3 is 15.7 Å². The Hall–Kier alpha value is -3.07. The summed E-state index contributed by atoms with van der Waals surface area (Å²) in [6, 6.07) is 19.1. The molecule has 2 amide bonds. The van der Waals surface area contributed by atoms with E-state index in [9.17, 15) is 13.2 Å². The van der Waals surface area contributed by atoms with E-state index in [-0.39, 0.29) is 17.5 Å². The predicted molar refractivity (Wildman–Crippen MR) is 127 cm³/mol. The van der Waals surface area contributed by atoms with Gasteiger partial charge in [-0.3, -0.25) is 4.72 Å². The Balaban J connectivity index is 1.61. The van der Waals surface area contributed by atoms with Crippen molar-refractivity contribution in [3.05, 3.63) is 88.9 Å². The zero-order valence-electron chi connectivity index (χ0n) is 17.4. The van der Waals surface area contributed by atoms with E-state index < -0.39 is 16.1 Å². The summed E-state index contributed by atoms with van der Waals surface area (Å²) in [4.78, 5) is 12.4. The number of halogens is 1. The first-order valence-corrected chi connectivity index (χ1v) is 11.8. The van der Waals surface area contributed by atoms with Gasteiger partial charge in [-0.05, 0) is 66.9 Å². The average Bonchev–Trinajstić information content (AvgIpc) is 2.75. The summed E-state index contributed by atoms with van der Waals surface area (Å²) in [7, 11) is -3.79. The standard InChI is InChI=1S/C23H24ClN3O4S/c1-16(21-4-2-3-5-22(21)24)25-23(29)26-18-10-12-20(13-11-18)32(30,31)27-19-8-6-17(7-9-19)14-15-28/h2-13,16,27-28H,14-15H2,1H3,(H2,25,26,29). The number of sulfonamides is 1. The lowest BCUT2D eigenvalue weighted by Crippen LogP contribution is -2.31. The van der Waals surface area contributed by atoms with Crippen molar-refractivity contribution in [1.29, 1.82) is 0 Å². The maximum absolute atomic E-state index is 12.6. The number of nitrogens with one attached hydrogen (secondary N) is 3. The topological polar surface area (TPSA) is 108 Å². The lowest BCUT2D eigenvalue weighted by molar-refractivity contribution is 0.249. The molecule has 0 fully saturated rings. The molecular formula is C23H24ClN3O4S. The summed E-state index contributed by atoms with van der Waals surface area (Å²) < 4.78 is 27.7. The van der Waals surface area contributed by atoms with E-state index in [1.807, 2.05) is 25.1 Å². The molecule has 0 aliphatic heterocycles. The van der Waals surface area contributed by atoms with Crippen molar-refractivity contribution in [2.75, 3.05) is 16.6 Å². The largest absolute Gasteiger partial charge is 0.396 e. The first-order chi connectivity index (χ1) is 15.3. The Morgan fingerprint density at radius 3 is 2.22 bits per heavy atom. The molecule has 0 aromatic heterocycles. The quantitative estimate of drug-likeness (QED) is 0.384. The zero-order chi connectivity index (χ0) is 23.1. The van der Waals surface area contributed by atoms with E-state index in [0.717, 1.165) is 11.1 Å². The number of anilines is 2. The van der Waals surface area contributed by atoms with E-state index in [1.165, 1.54) is 24.3 Å². The highest BCUT2D eigenvalue weighted by atomic mass is 35.5. The van der Waals surface area contributed by atoms with Crippen LogP contribution >= 0.6 is 11.6 Å². The first-order valence-electron chi connectivity index (χ1n) is 9.93. The average molecular weight is 474 g/mol. The van der Waals surface area contributed by atoms with E-state index in [0.29, 0.717) is 22.8 Å². The predicted octanol–water partition coefficient (Wildman–Crippen LogP) is 4.56. The van der Waals surface area contributed by atoms with Crippen LogP contribution in [0.1, 0.15) is 24.1 Å². The molecule has 0 bridgehead atoms. The fourth-order valence-electron chi connectivity index (χ4n) is 3.07. The minimum atomic E-state index is -3.79. The maximum atomic E-state index is 12.6. The Morgan fingerprint density at radius 2 is 1.59 bits per heavy atom. The van der Waals surface area contributed by atoms with Crippen LogP contribution in [-0.2, 0) is 16.4 Å². The number of rotatable bonds is 8. The number of amides is 2. The van der Waals surface area contributed by atoms with Crippen molar-refractivity contribution in [2.45, 2.75) is 24.3 Å². The summed E-state index contributed by atoms with van der Waals surface area (Å²) in [6.45, 7) is 1.85. The molecule has 0 heterocycles. The van der Waals surface area contributed by atoms with Gasteiger partial charge in [0.2, 0.25) is 0 Å². The molecule has 0 spiro atoms. The number of hydrogen-bond donors (Lipinski definition) is 4. The van der Waals surface area contributed by atoms with Gasteiger partial charge in [0.25, 0.3) is 10.0 Å². The SMILES string of the molecule is CC(NC(=O)Nc1ccc(S(=O)(=O)Nc2ccc(CCO)cc2)cc1)c1ccccc1Cl. The number of aliphatic hydroxyl groups is 1. The Kier molecular flexibility index (Phi) is 7.74. The summed E-state index contributed by atoms with van der Waals surface area (Å²) in [5.74, 6) is 0. The van der Waals surface area contributed by atoms with Crippen LogP contribution in [0.25, 0.3) is 0 Å². The monoisotopic (exact) mass is 473 g/mol. The number of hydrogen-bond acceptors (Lipinski definition) is 4. The Morgan fingerprint density at radius 1 is 0.969 bits per heavy atom. The van der Waals surface area contributed by atoms with Crippen LogP contribution in [0.15, 0.2) is 77.7 Å². The van der Waals surface area contributed by atoms with Crippen LogP contribution in [-0.4, -0.2) is 26.2 Å². The fourth-order valence-corrected chi connectivity index (χ4v) is 4.43. The molecule has 1 atom stereocenters. The molecular weight excluding hydrogens is 450 g/mol. The minimum absolute atomic E-state index is 0.0302. The van der Waals surface area contributed by atoms with Crippen LogP contribution < -0.4 is 15.4 Å². The molecule has 0 aliphatic rings. The normalized spacial score (nSPS) is 12.1. The van der Waals surface area contributed by atoms with Gasteiger partial charge in [0.1, 0.15) is 0 Å². The van der Waals surface area contributed by atoms with Crippen molar-refractivity contribution < 1.29 is 18.3 Å². The van der Waals surface area contributed by atoms with Crippen LogP contribution in [0, 0.1) is 0 Å². The highest BCUT2D eigenvalue weighted by molar-refractivity contribution is 7.92. The lowest BCUT2D eigenvalue weighted by Gasteiger charge is -2.16. The molecule has 0 saturated heterocycles. The molecule has 0 radical (unpaired) electrons. The van der Waals surface area contributed by atoms with Crippen LogP contribution in [0.4, 0.5) is 16.2 Å². The lowest BCUT2D eigenvalue weighted by atomic mass is 10.1. The van der Waals surface area contributed by atoms with Crippen LogP contribution in [0.2, 0.25) is 5.02 Å². The van der Waals surface area contributed by atoms with Gasteiger partial charge in [0.15, 0.2) is 0 Å². The number of carbonyl (C=O) groups excluding carboxylic acids is 1. The van der Waals surface area contributed by atoms with Gasteiger partial charge in [-0.2, -0.15) is 0 Å². The second-order valence-corrected chi connectivity index (χ2v) is 9.23. The summed E-state index contributed by atoms with van der Waals surface area (Å²) in [5, 5.41) is 15.0. The number of urea groups is 1. The second-order valence-electron chi connectivity index (χ2n) is 7.14. The third-order valence-corrected chi connectivity index (χ3v) is 6.49. The highest BCUT2D eigenvalue weighted by Gasteiger charge is 2.15.